The molecule has 0 amide bonds. The summed E-state index contributed by atoms with van der Waals surface area (Å²) in [4.78, 5) is 0. The minimum absolute atomic E-state index is 0.271. The zero-order chi connectivity index (χ0) is 11.2. The summed E-state index contributed by atoms with van der Waals surface area (Å²) in [6, 6.07) is 4.88. The highest BCUT2D eigenvalue weighted by Crippen LogP contribution is 2.46. The fourth-order valence-electron chi connectivity index (χ4n) is 2.79. The summed E-state index contributed by atoms with van der Waals surface area (Å²) in [5, 5.41) is 16.8. The normalized spacial score (nSPS) is 26.5. The summed E-state index contributed by atoms with van der Waals surface area (Å²) in [6.45, 7) is 1.72. The van der Waals surface area contributed by atoms with Gasteiger partial charge in [-0.15, -0.1) is 0 Å². The Labute approximate surface area is 93.7 Å². The van der Waals surface area contributed by atoms with Crippen LogP contribution in [0, 0.1) is 5.82 Å². The standard InChI is InChI=1S/C12H15FN2O/c13-9-3-1-2-8-10(9)15-12(11(8)16)4-6-14-7-5-12/h1-3,11,14-16H,4-7H2. The summed E-state index contributed by atoms with van der Waals surface area (Å²) < 4.78 is 13.6. The first-order chi connectivity index (χ1) is 7.73. The monoisotopic (exact) mass is 222 g/mol. The minimum Gasteiger partial charge on any atom is -0.386 e. The van der Waals surface area contributed by atoms with Crippen molar-refractivity contribution in [2.75, 3.05) is 18.4 Å². The van der Waals surface area contributed by atoms with E-state index in [-0.39, 0.29) is 11.4 Å². The van der Waals surface area contributed by atoms with Crippen molar-refractivity contribution in [1.82, 2.24) is 5.32 Å². The van der Waals surface area contributed by atoms with Gasteiger partial charge in [0.15, 0.2) is 0 Å². The largest absolute Gasteiger partial charge is 0.386 e. The molecule has 86 valence electrons. The Kier molecular flexibility index (Phi) is 2.16. The van der Waals surface area contributed by atoms with E-state index in [2.05, 4.69) is 10.6 Å². The molecule has 0 radical (unpaired) electrons. The average Bonchev–Trinajstić information content (AvgIpc) is 2.57. The molecule has 0 aromatic heterocycles. The van der Waals surface area contributed by atoms with Crippen molar-refractivity contribution >= 4 is 5.69 Å². The number of piperidine rings is 1. The summed E-state index contributed by atoms with van der Waals surface area (Å²) in [7, 11) is 0. The van der Waals surface area contributed by atoms with E-state index in [0.29, 0.717) is 11.3 Å². The van der Waals surface area contributed by atoms with Gasteiger partial charge >= 0.3 is 0 Å². The number of hydrogen-bond acceptors (Lipinski definition) is 3. The number of nitrogens with one attached hydrogen (secondary N) is 2. The fourth-order valence-corrected chi connectivity index (χ4v) is 2.79. The number of benzene rings is 1. The highest BCUT2D eigenvalue weighted by molar-refractivity contribution is 5.61. The SMILES string of the molecule is OC1c2cccc(F)c2NC12CCNCC2. The van der Waals surface area contributed by atoms with Crippen LogP contribution in [0.5, 0.6) is 0 Å². The van der Waals surface area contributed by atoms with Crippen molar-refractivity contribution in [1.29, 1.82) is 0 Å². The molecule has 2 aliphatic rings. The number of rotatable bonds is 0. The third-order valence-electron chi connectivity index (χ3n) is 3.73. The lowest BCUT2D eigenvalue weighted by Gasteiger charge is -2.37. The third kappa shape index (κ3) is 1.26. The molecule has 1 aromatic rings. The second kappa shape index (κ2) is 3.43. The van der Waals surface area contributed by atoms with Gasteiger partial charge in [0, 0.05) is 5.56 Å². The van der Waals surface area contributed by atoms with Crippen molar-refractivity contribution in [3.05, 3.63) is 29.6 Å². The molecular weight excluding hydrogens is 207 g/mol. The van der Waals surface area contributed by atoms with Crippen molar-refractivity contribution < 1.29 is 9.50 Å². The Morgan fingerprint density at radius 2 is 2.06 bits per heavy atom. The molecule has 3 rings (SSSR count). The third-order valence-corrected chi connectivity index (χ3v) is 3.73. The van der Waals surface area contributed by atoms with Gasteiger partial charge in [0.2, 0.25) is 0 Å². The van der Waals surface area contributed by atoms with Gasteiger partial charge in [-0.3, -0.25) is 0 Å². The Balaban J connectivity index is 2.02. The van der Waals surface area contributed by atoms with Crippen LogP contribution in [0.4, 0.5) is 10.1 Å². The smallest absolute Gasteiger partial charge is 0.146 e. The van der Waals surface area contributed by atoms with E-state index in [1.54, 1.807) is 12.1 Å². The number of para-hydroxylation sites is 1. The van der Waals surface area contributed by atoms with E-state index in [0.717, 1.165) is 25.9 Å². The Bertz CT molecular complexity index is 415. The highest BCUT2D eigenvalue weighted by Gasteiger charge is 2.46. The molecular formula is C12H15FN2O. The van der Waals surface area contributed by atoms with Crippen LogP contribution in [0.25, 0.3) is 0 Å². The molecule has 4 heteroatoms. The maximum atomic E-state index is 13.6. The zero-order valence-corrected chi connectivity index (χ0v) is 8.96. The first kappa shape index (κ1) is 10.1. The van der Waals surface area contributed by atoms with E-state index in [4.69, 9.17) is 0 Å². The molecule has 0 bridgehead atoms. The zero-order valence-electron chi connectivity index (χ0n) is 8.96. The van der Waals surface area contributed by atoms with Gasteiger partial charge in [0.1, 0.15) is 11.9 Å². The molecule has 3 nitrogen and oxygen atoms in total. The van der Waals surface area contributed by atoms with Crippen LogP contribution in [-0.2, 0) is 0 Å². The molecule has 1 unspecified atom stereocenters. The van der Waals surface area contributed by atoms with Gasteiger partial charge in [0.25, 0.3) is 0 Å². The van der Waals surface area contributed by atoms with Crippen molar-refractivity contribution in [2.45, 2.75) is 24.5 Å². The molecule has 2 aliphatic heterocycles. The number of anilines is 1. The van der Waals surface area contributed by atoms with Gasteiger partial charge in [-0.1, -0.05) is 12.1 Å². The van der Waals surface area contributed by atoms with Crippen molar-refractivity contribution in [3.8, 4) is 0 Å². The van der Waals surface area contributed by atoms with Crippen LogP contribution >= 0.6 is 0 Å². The molecule has 0 saturated carbocycles. The van der Waals surface area contributed by atoms with Gasteiger partial charge in [0.05, 0.1) is 11.2 Å². The predicted molar refractivity (Wildman–Crippen MR) is 59.8 cm³/mol. The molecule has 1 saturated heterocycles. The molecule has 1 aromatic carbocycles. The van der Waals surface area contributed by atoms with Gasteiger partial charge in [-0.05, 0) is 32.0 Å². The molecule has 1 atom stereocenters. The lowest BCUT2D eigenvalue weighted by molar-refractivity contribution is 0.0873. The number of aliphatic hydroxyl groups excluding tert-OH is 1. The van der Waals surface area contributed by atoms with Crippen molar-refractivity contribution in [3.63, 3.8) is 0 Å². The predicted octanol–water partition coefficient (Wildman–Crippen LogP) is 1.41. The molecule has 2 heterocycles. The Morgan fingerprint density at radius 1 is 1.31 bits per heavy atom. The minimum atomic E-state index is -0.597. The molecule has 0 aliphatic carbocycles. The first-order valence-corrected chi connectivity index (χ1v) is 5.68. The second-order valence-electron chi connectivity index (χ2n) is 4.64. The van der Waals surface area contributed by atoms with Crippen LogP contribution in [0.3, 0.4) is 0 Å². The topological polar surface area (TPSA) is 44.3 Å². The number of fused-ring (bicyclic) bond motifs is 1. The maximum Gasteiger partial charge on any atom is 0.146 e. The van der Waals surface area contributed by atoms with Crippen LogP contribution in [0.15, 0.2) is 18.2 Å². The summed E-state index contributed by atoms with van der Waals surface area (Å²) in [6.07, 6.45) is 1.05. The Morgan fingerprint density at radius 3 is 2.75 bits per heavy atom. The quantitative estimate of drug-likeness (QED) is 0.622. The maximum absolute atomic E-state index is 13.6. The second-order valence-corrected chi connectivity index (χ2v) is 4.64. The summed E-state index contributed by atoms with van der Waals surface area (Å²) in [5.74, 6) is -0.271. The van der Waals surface area contributed by atoms with E-state index in [9.17, 15) is 9.50 Å². The summed E-state index contributed by atoms with van der Waals surface area (Å²) in [5.41, 5.74) is 0.814. The van der Waals surface area contributed by atoms with Crippen LogP contribution < -0.4 is 10.6 Å². The average molecular weight is 222 g/mol. The van der Waals surface area contributed by atoms with Crippen LogP contribution in [-0.4, -0.2) is 23.7 Å². The number of aliphatic hydroxyl groups is 1. The van der Waals surface area contributed by atoms with Crippen molar-refractivity contribution in [2.24, 2.45) is 0 Å². The highest BCUT2D eigenvalue weighted by atomic mass is 19.1. The lowest BCUT2D eigenvalue weighted by atomic mass is 9.83. The summed E-state index contributed by atoms with van der Waals surface area (Å²) >= 11 is 0. The van der Waals surface area contributed by atoms with Crippen LogP contribution in [0.1, 0.15) is 24.5 Å². The Hall–Kier alpha value is -1.13. The number of hydrogen-bond donors (Lipinski definition) is 3. The van der Waals surface area contributed by atoms with E-state index < -0.39 is 6.10 Å². The lowest BCUT2D eigenvalue weighted by Crippen LogP contribution is -2.48. The molecule has 16 heavy (non-hydrogen) atoms. The van der Waals surface area contributed by atoms with Crippen LogP contribution in [0.2, 0.25) is 0 Å². The molecule has 3 N–H and O–H groups in total. The van der Waals surface area contributed by atoms with E-state index in [1.165, 1.54) is 6.07 Å². The van der Waals surface area contributed by atoms with E-state index in [1.807, 2.05) is 0 Å². The number of halogens is 1. The van der Waals surface area contributed by atoms with Gasteiger partial charge in [-0.2, -0.15) is 0 Å². The van der Waals surface area contributed by atoms with Gasteiger partial charge < -0.3 is 15.7 Å². The molecule has 1 fully saturated rings. The van der Waals surface area contributed by atoms with E-state index >= 15 is 0 Å². The fraction of sp³-hybridized carbons (Fsp3) is 0.500. The first-order valence-electron chi connectivity index (χ1n) is 5.68. The van der Waals surface area contributed by atoms with Gasteiger partial charge in [-0.25, -0.2) is 4.39 Å². The molecule has 1 spiro atoms.